The third-order valence-corrected chi connectivity index (χ3v) is 11.5. The molecule has 6 nitrogen and oxygen atoms in total. The van der Waals surface area contributed by atoms with Crippen LogP contribution in [0.25, 0.3) is 0 Å². The van der Waals surface area contributed by atoms with Crippen molar-refractivity contribution in [2.45, 2.75) is 258 Å². The Balaban J connectivity index is 4.49. The van der Waals surface area contributed by atoms with Crippen LogP contribution in [0.3, 0.4) is 0 Å². The maximum absolute atomic E-state index is 12.8. The minimum absolute atomic E-state index is 0.104. The molecule has 0 aromatic heterocycles. The summed E-state index contributed by atoms with van der Waals surface area (Å²) in [6, 6.07) is 0. The minimum Gasteiger partial charge on any atom is -0.462 e. The van der Waals surface area contributed by atoms with Crippen molar-refractivity contribution in [2.24, 2.45) is 0 Å². The van der Waals surface area contributed by atoms with Crippen LogP contribution in [0.1, 0.15) is 252 Å². The van der Waals surface area contributed by atoms with Crippen molar-refractivity contribution in [3.63, 3.8) is 0 Å². The lowest BCUT2D eigenvalue weighted by molar-refractivity contribution is -0.167. The van der Waals surface area contributed by atoms with Crippen LogP contribution in [0.15, 0.2) is 97.2 Å². The summed E-state index contributed by atoms with van der Waals surface area (Å²) in [5.74, 6) is -0.972. The van der Waals surface area contributed by atoms with Gasteiger partial charge in [0.25, 0.3) is 0 Å². The molecular weight excluding hydrogens is 829 g/mol. The number of rotatable bonds is 49. The molecule has 1 atom stereocenters. The molecule has 0 aromatic carbocycles. The van der Waals surface area contributed by atoms with Gasteiger partial charge in [-0.1, -0.05) is 208 Å². The number of unbranched alkanes of at least 4 members (excludes halogenated alkanes) is 22. The summed E-state index contributed by atoms with van der Waals surface area (Å²) in [5, 5.41) is 0. The number of ether oxygens (including phenoxy) is 3. The minimum atomic E-state index is -0.811. The zero-order valence-electron chi connectivity index (χ0n) is 43.6. The fourth-order valence-corrected chi connectivity index (χ4v) is 7.37. The first-order valence-corrected chi connectivity index (χ1v) is 27.7. The molecule has 0 aromatic rings. The maximum Gasteiger partial charge on any atom is 0.306 e. The first kappa shape index (κ1) is 63.3. The lowest BCUT2D eigenvalue weighted by Crippen LogP contribution is -2.30. The summed E-state index contributed by atoms with van der Waals surface area (Å²) < 4.78 is 16.8. The Kier molecular flexibility index (Phi) is 51.9. The molecule has 67 heavy (non-hydrogen) atoms. The predicted octanol–water partition coefficient (Wildman–Crippen LogP) is 18.5. The van der Waals surface area contributed by atoms with Crippen molar-refractivity contribution in [3.8, 4) is 0 Å². The van der Waals surface area contributed by atoms with Crippen LogP contribution in [0.5, 0.6) is 0 Å². The van der Waals surface area contributed by atoms with Gasteiger partial charge < -0.3 is 14.2 Å². The highest BCUT2D eigenvalue weighted by Gasteiger charge is 2.19. The smallest absolute Gasteiger partial charge is 0.306 e. The van der Waals surface area contributed by atoms with E-state index < -0.39 is 6.10 Å². The highest BCUT2D eigenvalue weighted by molar-refractivity contribution is 5.71. The predicted molar refractivity (Wildman–Crippen MR) is 288 cm³/mol. The van der Waals surface area contributed by atoms with Crippen LogP contribution in [-0.2, 0) is 28.6 Å². The zero-order chi connectivity index (χ0) is 48.6. The van der Waals surface area contributed by atoms with Crippen molar-refractivity contribution in [1.82, 2.24) is 0 Å². The Morgan fingerprint density at radius 1 is 0.313 bits per heavy atom. The molecule has 0 saturated heterocycles. The Labute approximate surface area is 413 Å². The van der Waals surface area contributed by atoms with Crippen molar-refractivity contribution in [2.75, 3.05) is 13.2 Å². The van der Waals surface area contributed by atoms with Gasteiger partial charge in [0, 0.05) is 19.3 Å². The second kappa shape index (κ2) is 54.9. The number of esters is 3. The Morgan fingerprint density at radius 2 is 0.582 bits per heavy atom. The van der Waals surface area contributed by atoms with Crippen LogP contribution < -0.4 is 0 Å². The Hall–Kier alpha value is -3.67. The fraction of sp³-hybridized carbons (Fsp3) is 0.689. The molecule has 6 heteroatoms. The molecule has 0 bridgehead atoms. The molecule has 0 unspecified atom stereocenters. The molecule has 0 radical (unpaired) electrons. The molecule has 0 aliphatic rings. The largest absolute Gasteiger partial charge is 0.462 e. The van der Waals surface area contributed by atoms with Crippen LogP contribution in [0, 0.1) is 0 Å². The van der Waals surface area contributed by atoms with Gasteiger partial charge in [0.2, 0.25) is 0 Å². The number of hydrogen-bond donors (Lipinski definition) is 0. The number of carbonyl (C=O) groups excluding carboxylic acids is 3. The topological polar surface area (TPSA) is 78.9 Å². The maximum atomic E-state index is 12.8. The first-order valence-electron chi connectivity index (χ1n) is 27.7. The van der Waals surface area contributed by atoms with Gasteiger partial charge in [-0.15, -0.1) is 0 Å². The van der Waals surface area contributed by atoms with Crippen molar-refractivity contribution in [3.05, 3.63) is 97.2 Å². The van der Waals surface area contributed by atoms with E-state index in [-0.39, 0.29) is 37.5 Å². The average molecular weight is 931 g/mol. The Bertz CT molecular complexity index is 1350. The molecule has 0 N–H and O–H groups in total. The van der Waals surface area contributed by atoms with E-state index in [1.165, 1.54) is 103 Å². The monoisotopic (exact) mass is 931 g/mol. The second-order valence-corrected chi connectivity index (χ2v) is 18.1. The van der Waals surface area contributed by atoms with E-state index in [0.29, 0.717) is 19.3 Å². The molecule has 0 spiro atoms. The number of allylic oxidation sites excluding steroid dienone is 16. The van der Waals surface area contributed by atoms with Gasteiger partial charge in [-0.25, -0.2) is 0 Å². The highest BCUT2D eigenvalue weighted by Crippen LogP contribution is 2.14. The summed E-state index contributed by atoms with van der Waals surface area (Å²) in [4.78, 5) is 38.1. The molecule has 0 aliphatic heterocycles. The summed E-state index contributed by atoms with van der Waals surface area (Å²) in [7, 11) is 0. The van der Waals surface area contributed by atoms with Gasteiger partial charge in [-0.2, -0.15) is 0 Å². The van der Waals surface area contributed by atoms with Gasteiger partial charge in [-0.3, -0.25) is 14.4 Å². The number of carbonyl (C=O) groups is 3. The second-order valence-electron chi connectivity index (χ2n) is 18.1. The van der Waals surface area contributed by atoms with Gasteiger partial charge >= 0.3 is 17.9 Å². The zero-order valence-corrected chi connectivity index (χ0v) is 43.6. The molecule has 0 fully saturated rings. The van der Waals surface area contributed by atoms with Gasteiger partial charge in [-0.05, 0) is 122 Å². The molecule has 382 valence electrons. The SMILES string of the molecule is CC/C=C\C/C=C\C/C=C\C/C=C\CCCCC(=O)O[C@H](COC(=O)CCCCCC/C=C\C/C=C\C/C=C\CCCCC)COC(=O)CCCCCCCCC/C=C\CCCCCCCC. The summed E-state index contributed by atoms with van der Waals surface area (Å²) in [6.07, 6.45) is 72.5. The molecule has 0 rings (SSSR count). The van der Waals surface area contributed by atoms with Crippen molar-refractivity contribution in [1.29, 1.82) is 0 Å². The van der Waals surface area contributed by atoms with E-state index in [4.69, 9.17) is 14.2 Å². The van der Waals surface area contributed by atoms with E-state index >= 15 is 0 Å². The van der Waals surface area contributed by atoms with E-state index in [2.05, 4.69) is 118 Å². The van der Waals surface area contributed by atoms with Crippen LogP contribution in [-0.4, -0.2) is 37.2 Å². The lowest BCUT2D eigenvalue weighted by atomic mass is 10.1. The lowest BCUT2D eigenvalue weighted by Gasteiger charge is -2.18. The third kappa shape index (κ3) is 53.2. The molecule has 0 aliphatic carbocycles. The van der Waals surface area contributed by atoms with E-state index in [9.17, 15) is 14.4 Å². The van der Waals surface area contributed by atoms with Gasteiger partial charge in [0.15, 0.2) is 6.10 Å². The third-order valence-electron chi connectivity index (χ3n) is 11.5. The molecule has 0 saturated carbocycles. The van der Waals surface area contributed by atoms with E-state index in [1.54, 1.807) is 0 Å². The normalized spacial score (nSPS) is 12.8. The summed E-state index contributed by atoms with van der Waals surface area (Å²) in [6.45, 7) is 6.44. The van der Waals surface area contributed by atoms with Gasteiger partial charge in [0.05, 0.1) is 0 Å². The number of hydrogen-bond acceptors (Lipinski definition) is 6. The van der Waals surface area contributed by atoms with E-state index in [1.807, 2.05) is 0 Å². The fourth-order valence-electron chi connectivity index (χ4n) is 7.37. The summed E-state index contributed by atoms with van der Waals surface area (Å²) in [5.41, 5.74) is 0. The quantitative estimate of drug-likeness (QED) is 0.0262. The van der Waals surface area contributed by atoms with E-state index in [0.717, 1.165) is 103 Å². The van der Waals surface area contributed by atoms with Crippen molar-refractivity contribution < 1.29 is 28.6 Å². The van der Waals surface area contributed by atoms with Crippen LogP contribution in [0.2, 0.25) is 0 Å². The van der Waals surface area contributed by atoms with Crippen LogP contribution >= 0.6 is 0 Å². The summed E-state index contributed by atoms with van der Waals surface area (Å²) >= 11 is 0. The average Bonchev–Trinajstić information content (AvgIpc) is 3.33. The Morgan fingerprint density at radius 3 is 0.985 bits per heavy atom. The standard InChI is InChI=1S/C61H102O6/c1-4-7-10-13-16-19-22-25-28-30-33-35-38-41-44-47-50-53-59(62)65-56-58(67-61(64)55-52-49-46-43-40-37-32-27-24-21-18-15-12-9-6-3)57-66-60(63)54-51-48-45-42-39-36-34-31-29-26-23-20-17-14-11-8-5-2/h9,12,16,18-19,21,25-29,32-33,35,40,43,58H,4-8,10-11,13-15,17,20,22-24,30-31,34,36-39,41-42,44-57H2,1-3H3/b12-9-,19-16-,21-18-,28-25-,29-26-,32-27-,35-33-,43-40-/t58-/m1/s1. The molecule has 0 heterocycles. The molecule has 0 amide bonds. The van der Waals surface area contributed by atoms with Gasteiger partial charge in [0.1, 0.15) is 13.2 Å². The molecular formula is C61H102O6. The highest BCUT2D eigenvalue weighted by atomic mass is 16.6. The van der Waals surface area contributed by atoms with Crippen LogP contribution in [0.4, 0.5) is 0 Å². The van der Waals surface area contributed by atoms with Crippen molar-refractivity contribution >= 4 is 17.9 Å². The first-order chi connectivity index (χ1) is 33.0.